The van der Waals surface area contributed by atoms with Gasteiger partial charge in [0.05, 0.1) is 0 Å². The Morgan fingerprint density at radius 3 is 2.71 bits per heavy atom. The van der Waals surface area contributed by atoms with Crippen molar-refractivity contribution in [2.24, 2.45) is 11.7 Å². The van der Waals surface area contributed by atoms with E-state index in [0.717, 1.165) is 18.5 Å². The van der Waals surface area contributed by atoms with Crippen molar-refractivity contribution in [3.63, 3.8) is 0 Å². The Bertz CT molecular complexity index is 466. The Morgan fingerprint density at radius 2 is 2.10 bits per heavy atom. The normalized spacial score (nSPS) is 24.2. The number of rotatable bonds is 5. The number of benzene rings is 1. The van der Waals surface area contributed by atoms with E-state index in [0.29, 0.717) is 18.5 Å². The second-order valence-electron chi connectivity index (χ2n) is 6.06. The van der Waals surface area contributed by atoms with E-state index in [1.165, 1.54) is 31.4 Å². The number of halogens is 1. The van der Waals surface area contributed by atoms with Gasteiger partial charge in [-0.2, -0.15) is 0 Å². The minimum atomic E-state index is -0.399. The molecule has 1 fully saturated rings. The highest BCUT2D eigenvalue weighted by atomic mass is 19.1. The van der Waals surface area contributed by atoms with Crippen molar-refractivity contribution in [1.82, 2.24) is 4.90 Å². The monoisotopic (exact) mass is 294 g/mol. The van der Waals surface area contributed by atoms with Crippen LogP contribution in [-0.2, 0) is 0 Å². The molecule has 0 heterocycles. The van der Waals surface area contributed by atoms with E-state index in [1.807, 2.05) is 0 Å². The van der Waals surface area contributed by atoms with Crippen molar-refractivity contribution in [3.8, 4) is 5.75 Å². The van der Waals surface area contributed by atoms with Crippen LogP contribution in [0, 0.1) is 11.7 Å². The number of nitrogens with two attached hydrogens (primary N) is 1. The second kappa shape index (κ2) is 7.23. The summed E-state index contributed by atoms with van der Waals surface area (Å²) in [4.78, 5) is 2.41. The van der Waals surface area contributed by atoms with Crippen molar-refractivity contribution in [1.29, 1.82) is 0 Å². The first-order chi connectivity index (χ1) is 10.1. The minimum Gasteiger partial charge on any atom is -0.508 e. The summed E-state index contributed by atoms with van der Waals surface area (Å²) in [5.74, 6) is 0.161. The largest absolute Gasteiger partial charge is 0.508 e. The number of phenolic OH excluding ortho intramolecular Hbond substituents is 1. The van der Waals surface area contributed by atoms with Crippen molar-refractivity contribution in [3.05, 3.63) is 29.6 Å². The van der Waals surface area contributed by atoms with E-state index in [2.05, 4.69) is 18.7 Å². The van der Waals surface area contributed by atoms with Gasteiger partial charge >= 0.3 is 0 Å². The van der Waals surface area contributed by atoms with Crippen LogP contribution in [0.1, 0.15) is 51.1 Å². The van der Waals surface area contributed by atoms with Gasteiger partial charge in [-0.3, -0.25) is 4.90 Å². The van der Waals surface area contributed by atoms with Crippen LogP contribution in [0.25, 0.3) is 0 Å². The molecule has 1 aromatic carbocycles. The summed E-state index contributed by atoms with van der Waals surface area (Å²) in [6.45, 7) is 5.83. The van der Waals surface area contributed by atoms with Crippen LogP contribution in [-0.4, -0.2) is 29.1 Å². The van der Waals surface area contributed by atoms with Crippen molar-refractivity contribution in [2.75, 3.05) is 13.1 Å². The number of nitrogens with zero attached hydrogens (tertiary/aromatic N) is 1. The van der Waals surface area contributed by atoms with Gasteiger partial charge in [0.15, 0.2) is 0 Å². The second-order valence-corrected chi connectivity index (χ2v) is 6.06. The lowest BCUT2D eigenvalue weighted by Crippen LogP contribution is -2.46. The van der Waals surface area contributed by atoms with Gasteiger partial charge in [-0.05, 0) is 44.8 Å². The van der Waals surface area contributed by atoms with Crippen LogP contribution < -0.4 is 5.73 Å². The van der Waals surface area contributed by atoms with E-state index in [1.54, 1.807) is 6.07 Å². The van der Waals surface area contributed by atoms with Crippen LogP contribution in [0.15, 0.2) is 18.2 Å². The summed E-state index contributed by atoms with van der Waals surface area (Å²) < 4.78 is 13.2. The molecule has 0 bridgehead atoms. The Kier molecular flexibility index (Phi) is 5.59. The highest BCUT2D eigenvalue weighted by Gasteiger charge is 2.32. The summed E-state index contributed by atoms with van der Waals surface area (Å²) in [5, 5.41) is 10.0. The first-order valence-electron chi connectivity index (χ1n) is 8.02. The fraction of sp³-hybridized carbons (Fsp3) is 0.647. The van der Waals surface area contributed by atoms with Gasteiger partial charge < -0.3 is 10.8 Å². The third-order valence-electron chi connectivity index (χ3n) is 4.90. The average molecular weight is 294 g/mol. The summed E-state index contributed by atoms with van der Waals surface area (Å²) >= 11 is 0. The molecule has 3 unspecified atom stereocenters. The number of hydrogen-bond donors (Lipinski definition) is 2. The van der Waals surface area contributed by atoms with Crippen LogP contribution in [0.2, 0.25) is 0 Å². The smallest absolute Gasteiger partial charge is 0.126 e. The van der Waals surface area contributed by atoms with Crippen LogP contribution in [0.3, 0.4) is 0 Å². The summed E-state index contributed by atoms with van der Waals surface area (Å²) in [6.07, 6.45) is 4.83. The van der Waals surface area contributed by atoms with Crippen molar-refractivity contribution in [2.45, 2.75) is 51.6 Å². The highest BCUT2D eigenvalue weighted by Crippen LogP contribution is 2.35. The summed E-state index contributed by atoms with van der Waals surface area (Å²) in [7, 11) is 0. The molecular weight excluding hydrogens is 267 g/mol. The topological polar surface area (TPSA) is 49.5 Å². The Hall–Kier alpha value is -1.13. The van der Waals surface area contributed by atoms with Gasteiger partial charge in [0.1, 0.15) is 11.6 Å². The molecule has 3 N–H and O–H groups in total. The number of phenols is 1. The molecule has 21 heavy (non-hydrogen) atoms. The quantitative estimate of drug-likeness (QED) is 0.874. The molecule has 0 aromatic heterocycles. The molecule has 4 heteroatoms. The maximum atomic E-state index is 13.2. The molecule has 118 valence electrons. The van der Waals surface area contributed by atoms with E-state index in [-0.39, 0.29) is 11.8 Å². The van der Waals surface area contributed by atoms with Crippen molar-refractivity contribution >= 4 is 0 Å². The van der Waals surface area contributed by atoms with Crippen molar-refractivity contribution < 1.29 is 9.50 Å². The molecule has 0 amide bonds. The Labute approximate surface area is 126 Å². The van der Waals surface area contributed by atoms with Gasteiger partial charge in [-0.15, -0.1) is 0 Å². The molecule has 0 radical (unpaired) electrons. The molecule has 0 aliphatic heterocycles. The van der Waals surface area contributed by atoms with E-state index >= 15 is 0 Å². The van der Waals surface area contributed by atoms with E-state index < -0.39 is 5.82 Å². The van der Waals surface area contributed by atoms with Gasteiger partial charge in [0, 0.05) is 23.7 Å². The van der Waals surface area contributed by atoms with E-state index in [4.69, 9.17) is 5.73 Å². The summed E-state index contributed by atoms with van der Waals surface area (Å²) in [5.41, 5.74) is 6.74. The minimum absolute atomic E-state index is 0.0426. The van der Waals surface area contributed by atoms with Crippen LogP contribution in [0.5, 0.6) is 5.75 Å². The fourth-order valence-corrected chi connectivity index (χ4v) is 3.74. The molecule has 3 nitrogen and oxygen atoms in total. The standard InChI is InChI=1S/C17H27FN2O/c1-3-20(16-7-5-4-6-13(16)11-19)12(2)15-9-8-14(18)10-17(15)21/h8-10,12-13,16,21H,3-7,11,19H2,1-2H3. The fourth-order valence-electron chi connectivity index (χ4n) is 3.74. The molecule has 0 saturated heterocycles. The van der Waals surface area contributed by atoms with Gasteiger partial charge in [-0.25, -0.2) is 4.39 Å². The number of aromatic hydroxyl groups is 1. The molecule has 1 aromatic rings. The first kappa shape index (κ1) is 16.2. The Balaban J connectivity index is 2.22. The predicted octanol–water partition coefficient (Wildman–Crippen LogP) is 3.43. The van der Waals surface area contributed by atoms with Gasteiger partial charge in [-0.1, -0.05) is 25.8 Å². The van der Waals surface area contributed by atoms with Crippen LogP contribution in [0.4, 0.5) is 4.39 Å². The van der Waals surface area contributed by atoms with Gasteiger partial charge in [0.2, 0.25) is 0 Å². The highest BCUT2D eigenvalue weighted by molar-refractivity contribution is 5.35. The summed E-state index contributed by atoms with van der Waals surface area (Å²) in [6, 6.07) is 4.82. The molecule has 1 aliphatic rings. The zero-order valence-corrected chi connectivity index (χ0v) is 13.1. The molecule has 1 aliphatic carbocycles. The zero-order valence-electron chi connectivity index (χ0n) is 13.1. The predicted molar refractivity (Wildman–Crippen MR) is 83.7 cm³/mol. The SMILES string of the molecule is CCN(C(C)c1ccc(F)cc1O)C1CCCCC1CN. The average Bonchev–Trinajstić information content (AvgIpc) is 2.48. The lowest BCUT2D eigenvalue weighted by molar-refractivity contribution is 0.0759. The molecule has 0 spiro atoms. The van der Waals surface area contributed by atoms with Crippen LogP contribution >= 0.6 is 0 Å². The number of hydrogen-bond acceptors (Lipinski definition) is 3. The van der Waals surface area contributed by atoms with Gasteiger partial charge in [0.25, 0.3) is 0 Å². The maximum Gasteiger partial charge on any atom is 0.126 e. The zero-order chi connectivity index (χ0) is 15.4. The molecular formula is C17H27FN2O. The lowest BCUT2D eigenvalue weighted by Gasteiger charge is -2.42. The lowest BCUT2D eigenvalue weighted by atomic mass is 9.82. The molecule has 3 atom stereocenters. The third kappa shape index (κ3) is 3.55. The first-order valence-corrected chi connectivity index (χ1v) is 8.02. The third-order valence-corrected chi connectivity index (χ3v) is 4.90. The Morgan fingerprint density at radius 1 is 1.38 bits per heavy atom. The van der Waals surface area contributed by atoms with E-state index in [9.17, 15) is 9.50 Å². The molecule has 2 rings (SSSR count). The maximum absolute atomic E-state index is 13.2. The molecule has 1 saturated carbocycles.